The summed E-state index contributed by atoms with van der Waals surface area (Å²) >= 11 is 0. The Labute approximate surface area is 192 Å². The van der Waals surface area contributed by atoms with E-state index in [9.17, 15) is 9.59 Å². The summed E-state index contributed by atoms with van der Waals surface area (Å²) in [6.45, 7) is 5.01. The summed E-state index contributed by atoms with van der Waals surface area (Å²) in [6.07, 6.45) is 5.95. The second-order valence-corrected chi connectivity index (χ2v) is 8.44. The maximum Gasteiger partial charge on any atom is 0.316 e. The molecule has 1 aliphatic rings. The molecule has 0 saturated carbocycles. The summed E-state index contributed by atoms with van der Waals surface area (Å²) in [5.41, 5.74) is 1.28. The van der Waals surface area contributed by atoms with Crippen molar-refractivity contribution in [3.05, 3.63) is 64.5 Å². The number of hydrogen-bond acceptors (Lipinski definition) is 7. The van der Waals surface area contributed by atoms with E-state index in [4.69, 9.17) is 4.52 Å². The lowest BCUT2D eigenvalue weighted by Crippen LogP contribution is -2.37. The molecule has 9 nitrogen and oxygen atoms in total. The molecule has 1 aliphatic heterocycles. The minimum atomic E-state index is -0.407. The lowest BCUT2D eigenvalue weighted by Gasteiger charge is -2.27. The zero-order valence-corrected chi connectivity index (χ0v) is 18.9. The molecule has 4 rings (SSSR count). The van der Waals surface area contributed by atoms with Gasteiger partial charge in [0.25, 0.3) is 5.56 Å². The highest BCUT2D eigenvalue weighted by atomic mass is 16.5. The van der Waals surface area contributed by atoms with Gasteiger partial charge in [-0.15, -0.1) is 0 Å². The maximum absolute atomic E-state index is 12.4. The van der Waals surface area contributed by atoms with Gasteiger partial charge in [-0.3, -0.25) is 9.59 Å². The molecule has 33 heavy (non-hydrogen) atoms. The van der Waals surface area contributed by atoms with E-state index >= 15 is 0 Å². The van der Waals surface area contributed by atoms with Gasteiger partial charge in [-0.2, -0.15) is 10.1 Å². The van der Waals surface area contributed by atoms with Gasteiger partial charge in [0.1, 0.15) is 6.54 Å². The lowest BCUT2D eigenvalue weighted by atomic mass is 10.1. The Kier molecular flexibility index (Phi) is 7.62. The Bertz CT molecular complexity index is 1100. The standard InChI is InChI=1S/C24H30N6O3/c1-18(29-15-7-2-3-8-16-29)13-14-25-23(32)24-26-21(28-33-24)17-30-22(31)12-11-20(27-30)19-9-5-4-6-10-19/h4-6,9-12,18H,2-3,7-8,13-17H2,1H3,(H,25,32)/t18-/m0/s1. The zero-order chi connectivity index (χ0) is 23.0. The summed E-state index contributed by atoms with van der Waals surface area (Å²) in [5, 5.41) is 11.1. The number of carbonyl (C=O) groups excluding carboxylic acids is 1. The Morgan fingerprint density at radius 2 is 1.85 bits per heavy atom. The molecule has 1 saturated heterocycles. The predicted molar refractivity (Wildman–Crippen MR) is 124 cm³/mol. The van der Waals surface area contributed by atoms with Crippen LogP contribution >= 0.6 is 0 Å². The second kappa shape index (κ2) is 11.0. The van der Waals surface area contributed by atoms with E-state index in [1.54, 1.807) is 6.07 Å². The Hall–Kier alpha value is -3.33. The van der Waals surface area contributed by atoms with Gasteiger partial charge < -0.3 is 14.7 Å². The number of nitrogens with zero attached hydrogens (tertiary/aromatic N) is 5. The molecule has 0 aliphatic carbocycles. The number of hydrogen-bond donors (Lipinski definition) is 1. The van der Waals surface area contributed by atoms with Crippen molar-refractivity contribution in [2.45, 2.75) is 51.6 Å². The molecule has 1 aromatic carbocycles. The summed E-state index contributed by atoms with van der Waals surface area (Å²) < 4.78 is 6.38. The van der Waals surface area contributed by atoms with Crippen LogP contribution in [-0.4, -0.2) is 56.4 Å². The molecule has 1 fully saturated rings. The molecule has 3 heterocycles. The van der Waals surface area contributed by atoms with E-state index < -0.39 is 5.91 Å². The van der Waals surface area contributed by atoms with Crippen LogP contribution in [0.25, 0.3) is 11.3 Å². The van der Waals surface area contributed by atoms with E-state index in [0.717, 1.165) is 25.1 Å². The first kappa shape index (κ1) is 22.8. The third kappa shape index (κ3) is 6.13. The Morgan fingerprint density at radius 1 is 1.09 bits per heavy atom. The van der Waals surface area contributed by atoms with Crippen molar-refractivity contribution in [2.24, 2.45) is 0 Å². The van der Waals surface area contributed by atoms with Crippen molar-refractivity contribution in [3.63, 3.8) is 0 Å². The predicted octanol–water partition coefficient (Wildman–Crippen LogP) is 2.73. The summed E-state index contributed by atoms with van der Waals surface area (Å²) in [5.74, 6) is -0.298. The van der Waals surface area contributed by atoms with Crippen LogP contribution in [0.5, 0.6) is 0 Å². The molecule has 174 valence electrons. The Balaban J connectivity index is 1.32. The molecule has 2 aromatic heterocycles. The number of amides is 1. The van der Waals surface area contributed by atoms with Crippen molar-refractivity contribution in [2.75, 3.05) is 19.6 Å². The fourth-order valence-corrected chi connectivity index (χ4v) is 4.06. The van der Waals surface area contributed by atoms with Crippen LogP contribution in [-0.2, 0) is 6.54 Å². The molecule has 0 spiro atoms. The molecule has 0 unspecified atom stereocenters. The second-order valence-electron chi connectivity index (χ2n) is 8.44. The number of aromatic nitrogens is 4. The van der Waals surface area contributed by atoms with Crippen LogP contribution < -0.4 is 10.9 Å². The summed E-state index contributed by atoms with van der Waals surface area (Å²) in [7, 11) is 0. The zero-order valence-electron chi connectivity index (χ0n) is 18.9. The van der Waals surface area contributed by atoms with E-state index in [-0.39, 0.29) is 23.8 Å². The normalized spacial score (nSPS) is 15.7. The molecular weight excluding hydrogens is 420 g/mol. The van der Waals surface area contributed by atoms with Crippen molar-refractivity contribution in [3.8, 4) is 11.3 Å². The van der Waals surface area contributed by atoms with Crippen molar-refractivity contribution in [1.29, 1.82) is 0 Å². The van der Waals surface area contributed by atoms with Crippen LogP contribution in [0.4, 0.5) is 0 Å². The first-order valence-corrected chi connectivity index (χ1v) is 11.6. The smallest absolute Gasteiger partial charge is 0.316 e. The van der Waals surface area contributed by atoms with Gasteiger partial charge in [0.15, 0.2) is 5.82 Å². The number of benzene rings is 1. The number of carbonyl (C=O) groups is 1. The molecule has 1 atom stereocenters. The molecule has 9 heteroatoms. The largest absolute Gasteiger partial charge is 0.348 e. The number of likely N-dealkylation sites (tertiary alicyclic amines) is 1. The topological polar surface area (TPSA) is 106 Å². The monoisotopic (exact) mass is 450 g/mol. The number of rotatable bonds is 8. The van der Waals surface area contributed by atoms with Gasteiger partial charge in [-0.05, 0) is 45.3 Å². The highest BCUT2D eigenvalue weighted by Crippen LogP contribution is 2.15. The number of nitrogens with one attached hydrogen (secondary N) is 1. The lowest BCUT2D eigenvalue weighted by molar-refractivity contribution is 0.0904. The molecule has 3 aromatic rings. The molecular formula is C24H30N6O3. The summed E-state index contributed by atoms with van der Waals surface area (Å²) in [6, 6.07) is 13.1. The SMILES string of the molecule is C[C@@H](CCNC(=O)c1nc(Cn2nc(-c3ccccc3)ccc2=O)no1)N1CCCCCC1. The minimum Gasteiger partial charge on any atom is -0.348 e. The van der Waals surface area contributed by atoms with Gasteiger partial charge in [-0.1, -0.05) is 48.3 Å². The van der Waals surface area contributed by atoms with E-state index in [2.05, 4.69) is 32.4 Å². The fraction of sp³-hybridized carbons (Fsp3) is 0.458. The van der Waals surface area contributed by atoms with Gasteiger partial charge in [0, 0.05) is 24.2 Å². The Morgan fingerprint density at radius 3 is 2.61 bits per heavy atom. The first-order chi connectivity index (χ1) is 16.1. The fourth-order valence-electron chi connectivity index (χ4n) is 4.06. The molecule has 0 bridgehead atoms. The minimum absolute atomic E-state index is 0.0162. The van der Waals surface area contributed by atoms with Crippen LogP contribution in [0, 0.1) is 0 Å². The third-order valence-corrected chi connectivity index (χ3v) is 6.00. The third-order valence-electron chi connectivity index (χ3n) is 6.00. The van der Waals surface area contributed by atoms with Gasteiger partial charge in [0.05, 0.1) is 5.69 Å². The average molecular weight is 451 g/mol. The van der Waals surface area contributed by atoms with Crippen LogP contribution in [0.2, 0.25) is 0 Å². The van der Waals surface area contributed by atoms with Crippen molar-refractivity contribution < 1.29 is 9.32 Å². The van der Waals surface area contributed by atoms with E-state index in [0.29, 0.717) is 18.3 Å². The first-order valence-electron chi connectivity index (χ1n) is 11.6. The van der Waals surface area contributed by atoms with Crippen LogP contribution in [0.1, 0.15) is 55.5 Å². The molecule has 1 N–H and O–H groups in total. The van der Waals surface area contributed by atoms with E-state index in [1.807, 2.05) is 30.3 Å². The highest BCUT2D eigenvalue weighted by molar-refractivity contribution is 5.89. The van der Waals surface area contributed by atoms with Crippen molar-refractivity contribution in [1.82, 2.24) is 30.1 Å². The van der Waals surface area contributed by atoms with Crippen LogP contribution in [0.15, 0.2) is 51.8 Å². The quantitative estimate of drug-likeness (QED) is 0.562. The van der Waals surface area contributed by atoms with Gasteiger partial charge in [-0.25, -0.2) is 4.68 Å². The van der Waals surface area contributed by atoms with Gasteiger partial charge in [0.2, 0.25) is 0 Å². The van der Waals surface area contributed by atoms with Crippen molar-refractivity contribution >= 4 is 5.91 Å². The highest BCUT2D eigenvalue weighted by Gasteiger charge is 2.18. The summed E-state index contributed by atoms with van der Waals surface area (Å²) in [4.78, 5) is 31.3. The van der Waals surface area contributed by atoms with E-state index in [1.165, 1.54) is 36.4 Å². The molecule has 1 amide bonds. The average Bonchev–Trinajstić information content (AvgIpc) is 3.13. The van der Waals surface area contributed by atoms with Crippen LogP contribution in [0.3, 0.4) is 0 Å². The van der Waals surface area contributed by atoms with Gasteiger partial charge >= 0.3 is 11.8 Å². The maximum atomic E-state index is 12.4. The molecule has 0 radical (unpaired) electrons.